The molecule has 2 aliphatic heterocycles. The molecule has 2 rings (SSSR count). The molecule has 0 aliphatic carbocycles. The van der Waals surface area contributed by atoms with Crippen molar-refractivity contribution in [2.75, 3.05) is 39.8 Å². The molecule has 2 heterocycles. The van der Waals surface area contributed by atoms with Crippen LogP contribution in [0.2, 0.25) is 0 Å². The molecule has 0 atom stereocenters. The Bertz CT molecular complexity index is 360. The predicted molar refractivity (Wildman–Crippen MR) is 125 cm³/mol. The molecule has 0 aromatic rings. The lowest BCUT2D eigenvalue weighted by Gasteiger charge is -2.43. The average Bonchev–Trinajstić information content (AvgIpc) is 2.73. The lowest BCUT2D eigenvalue weighted by atomic mass is 9.78. The number of nitrogens with zero attached hydrogens (tertiary/aromatic N) is 1. The van der Waals surface area contributed by atoms with Crippen molar-refractivity contribution in [1.82, 2.24) is 5.32 Å². The molecule has 0 aromatic heterocycles. The van der Waals surface area contributed by atoms with Crippen molar-refractivity contribution in [1.29, 1.82) is 0 Å². The lowest BCUT2D eigenvalue weighted by Crippen LogP contribution is -3.00. The summed E-state index contributed by atoms with van der Waals surface area (Å²) in [6.45, 7) is 9.19. The zero-order chi connectivity index (χ0) is 19.9. The van der Waals surface area contributed by atoms with Gasteiger partial charge in [-0.25, -0.2) is 0 Å². The fourth-order valence-corrected chi connectivity index (χ4v) is 5.73. The van der Waals surface area contributed by atoms with Crippen LogP contribution in [0.15, 0.2) is 0 Å². The minimum atomic E-state index is 0. The Morgan fingerprint density at radius 3 is 1.52 bits per heavy atom. The van der Waals surface area contributed by atoms with E-state index < -0.39 is 0 Å². The van der Waals surface area contributed by atoms with Gasteiger partial charge in [0.15, 0.2) is 0 Å². The van der Waals surface area contributed by atoms with E-state index >= 15 is 0 Å². The number of hydrogen-bond acceptors (Lipinski definition) is 1. The predicted octanol–water partition coefficient (Wildman–Crippen LogP) is 3.94. The summed E-state index contributed by atoms with van der Waals surface area (Å²) in [6, 6.07) is 0. The molecule has 0 saturated carbocycles. The normalized spacial score (nSPS) is 25.7. The quantitative estimate of drug-likeness (QED) is 0.307. The van der Waals surface area contributed by atoms with Crippen molar-refractivity contribution < 1.29 is 16.9 Å². The van der Waals surface area contributed by atoms with Crippen molar-refractivity contribution in [3.8, 4) is 0 Å². The molecule has 0 unspecified atom stereocenters. The number of unbranched alkanes of at least 4 members (excludes halogenated alkanes) is 12. The smallest absolute Gasteiger partial charge is 0.0787 e. The van der Waals surface area contributed by atoms with E-state index in [0.717, 1.165) is 11.8 Å². The molecule has 0 spiro atoms. The number of piperidine rings is 2. The van der Waals surface area contributed by atoms with E-state index in [4.69, 9.17) is 0 Å². The Kier molecular flexibility index (Phi) is 15.8. The summed E-state index contributed by atoms with van der Waals surface area (Å²) in [5, 5.41) is 3.53. The van der Waals surface area contributed by atoms with Crippen LogP contribution >= 0.6 is 0 Å². The molecule has 0 bridgehead atoms. The van der Waals surface area contributed by atoms with Gasteiger partial charge in [-0.3, -0.25) is 0 Å². The van der Waals surface area contributed by atoms with Gasteiger partial charge in [0, 0.05) is 0 Å². The monoisotopic (exact) mass is 428 g/mol. The third-order valence-electron chi connectivity index (χ3n) is 7.93. The minimum absolute atomic E-state index is 0. The van der Waals surface area contributed by atoms with Crippen LogP contribution in [0.4, 0.5) is 0 Å². The summed E-state index contributed by atoms with van der Waals surface area (Å²) in [6.07, 6.45) is 25.0. The molecular weight excluding hydrogens is 376 g/mol. The highest BCUT2D eigenvalue weighted by atomic mass is 35.5. The second-order valence-corrected chi connectivity index (χ2v) is 10.5. The number of rotatable bonds is 15. The molecule has 2 aliphatic rings. The molecule has 3 heteroatoms. The van der Waals surface area contributed by atoms with Gasteiger partial charge >= 0.3 is 0 Å². The molecule has 2 nitrogen and oxygen atoms in total. The first kappa shape index (κ1) is 27.2. The van der Waals surface area contributed by atoms with Gasteiger partial charge in [0.1, 0.15) is 0 Å². The molecule has 0 aromatic carbocycles. The van der Waals surface area contributed by atoms with E-state index in [1.54, 1.807) is 0 Å². The largest absolute Gasteiger partial charge is 1.00 e. The Hall–Kier alpha value is 0.210. The summed E-state index contributed by atoms with van der Waals surface area (Å²) in [7, 11) is 2.54. The third kappa shape index (κ3) is 12.0. The van der Waals surface area contributed by atoms with Crippen LogP contribution in [0.3, 0.4) is 0 Å². The first-order valence-corrected chi connectivity index (χ1v) is 13.3. The highest BCUT2D eigenvalue weighted by Gasteiger charge is 2.33. The van der Waals surface area contributed by atoms with Crippen LogP contribution in [0.1, 0.15) is 116 Å². The molecule has 29 heavy (non-hydrogen) atoms. The first-order valence-electron chi connectivity index (χ1n) is 13.3. The van der Waals surface area contributed by atoms with Gasteiger partial charge in [-0.05, 0) is 63.5 Å². The van der Waals surface area contributed by atoms with Gasteiger partial charge in [-0.15, -0.1) is 0 Å². The van der Waals surface area contributed by atoms with E-state index in [1.807, 2.05) is 0 Å². The molecule has 2 saturated heterocycles. The van der Waals surface area contributed by atoms with Crippen LogP contribution in [0.5, 0.6) is 0 Å². The van der Waals surface area contributed by atoms with Crippen molar-refractivity contribution in [2.24, 2.45) is 11.8 Å². The van der Waals surface area contributed by atoms with Crippen molar-refractivity contribution in [3.63, 3.8) is 0 Å². The summed E-state index contributed by atoms with van der Waals surface area (Å²) in [5.74, 6) is 2.08. The molecule has 174 valence electrons. The number of hydrogen-bond donors (Lipinski definition) is 1. The Balaban J connectivity index is 0.00000420. The zero-order valence-electron chi connectivity index (χ0n) is 20.0. The van der Waals surface area contributed by atoms with Gasteiger partial charge in [-0.2, -0.15) is 0 Å². The maximum Gasteiger partial charge on any atom is 0.0787 e. The summed E-state index contributed by atoms with van der Waals surface area (Å²) in [5.41, 5.74) is 0. The number of nitrogens with one attached hydrogen (secondary N) is 1. The zero-order valence-corrected chi connectivity index (χ0v) is 20.8. The summed E-state index contributed by atoms with van der Waals surface area (Å²) >= 11 is 0. The van der Waals surface area contributed by atoms with Crippen molar-refractivity contribution in [3.05, 3.63) is 0 Å². The van der Waals surface area contributed by atoms with Crippen LogP contribution in [0, 0.1) is 11.8 Å². The van der Waals surface area contributed by atoms with E-state index in [2.05, 4.69) is 19.3 Å². The standard InChI is InChI=1S/C26H53N2.ClH/c1-3-4-5-6-7-8-9-10-11-12-13-14-15-22-28(2)23-18-26(19-24-28)25-16-20-27-21-17-25;/h25-27H,3-24H2,1-2H3;1H/q+1;/p-1. The van der Waals surface area contributed by atoms with Gasteiger partial charge < -0.3 is 22.2 Å². The second-order valence-electron chi connectivity index (χ2n) is 10.5. The molecule has 0 radical (unpaired) electrons. The highest BCUT2D eigenvalue weighted by Crippen LogP contribution is 2.33. The van der Waals surface area contributed by atoms with E-state index in [0.29, 0.717) is 0 Å². The Morgan fingerprint density at radius 2 is 1.03 bits per heavy atom. The fraction of sp³-hybridized carbons (Fsp3) is 1.00. The number of halogens is 1. The summed E-state index contributed by atoms with van der Waals surface area (Å²) in [4.78, 5) is 0. The Labute approximate surface area is 190 Å². The van der Waals surface area contributed by atoms with Crippen LogP contribution < -0.4 is 17.7 Å². The van der Waals surface area contributed by atoms with Crippen molar-refractivity contribution >= 4 is 0 Å². The van der Waals surface area contributed by atoms with Gasteiger partial charge in [-0.1, -0.05) is 77.6 Å². The highest BCUT2D eigenvalue weighted by molar-refractivity contribution is 4.78. The van der Waals surface area contributed by atoms with Crippen LogP contribution in [0.25, 0.3) is 0 Å². The maximum absolute atomic E-state index is 3.53. The van der Waals surface area contributed by atoms with Gasteiger partial charge in [0.2, 0.25) is 0 Å². The van der Waals surface area contributed by atoms with E-state index in [9.17, 15) is 0 Å². The van der Waals surface area contributed by atoms with Gasteiger partial charge in [0.25, 0.3) is 0 Å². The van der Waals surface area contributed by atoms with E-state index in [1.165, 1.54) is 146 Å². The minimum Gasteiger partial charge on any atom is -1.00 e. The maximum atomic E-state index is 3.53. The van der Waals surface area contributed by atoms with Gasteiger partial charge in [0.05, 0.1) is 26.7 Å². The van der Waals surface area contributed by atoms with E-state index in [-0.39, 0.29) is 12.4 Å². The third-order valence-corrected chi connectivity index (χ3v) is 7.93. The van der Waals surface area contributed by atoms with Crippen molar-refractivity contribution in [2.45, 2.75) is 116 Å². The summed E-state index contributed by atoms with van der Waals surface area (Å²) < 4.78 is 1.37. The fourth-order valence-electron chi connectivity index (χ4n) is 5.73. The Morgan fingerprint density at radius 1 is 0.621 bits per heavy atom. The molecular formula is C26H53ClN2. The molecule has 1 N–H and O–H groups in total. The topological polar surface area (TPSA) is 12.0 Å². The number of likely N-dealkylation sites (tertiary alicyclic amines) is 1. The molecule has 0 amide bonds. The van der Waals surface area contributed by atoms with Crippen LogP contribution in [-0.2, 0) is 0 Å². The first-order chi connectivity index (χ1) is 13.7. The lowest BCUT2D eigenvalue weighted by molar-refractivity contribution is -0.915. The average molecular weight is 429 g/mol. The SMILES string of the molecule is CCCCCCCCCCCCCCC[N+]1(C)CCC(C2CCNCC2)CC1.[Cl-]. The number of quaternary nitrogens is 1. The van der Waals surface area contributed by atoms with Crippen LogP contribution in [-0.4, -0.2) is 44.3 Å². The second kappa shape index (κ2) is 16.8. The molecule has 2 fully saturated rings.